The highest BCUT2D eigenvalue weighted by Gasteiger charge is 2.19. The second-order valence-corrected chi connectivity index (χ2v) is 4.36. The second kappa shape index (κ2) is 6.22. The quantitative estimate of drug-likeness (QED) is 0.847. The van der Waals surface area contributed by atoms with Gasteiger partial charge in [0.05, 0.1) is 12.2 Å². The molecule has 19 heavy (non-hydrogen) atoms. The lowest BCUT2D eigenvalue weighted by molar-refractivity contribution is -0.115. The molecular weight excluding hydrogens is 244 g/mol. The van der Waals surface area contributed by atoms with E-state index in [2.05, 4.69) is 4.99 Å². The van der Waals surface area contributed by atoms with Crippen LogP contribution in [0.4, 0.5) is 0 Å². The lowest BCUT2D eigenvalue weighted by atomic mass is 9.97. The number of hydrogen-bond donors (Lipinski definition) is 1. The molecule has 0 aliphatic heterocycles. The van der Waals surface area contributed by atoms with Gasteiger partial charge in [-0.2, -0.15) is 9.72 Å². The molecule has 0 saturated carbocycles. The molecular formula is C14H18N2O3. The van der Waals surface area contributed by atoms with E-state index >= 15 is 0 Å². The molecule has 0 fully saturated rings. The van der Waals surface area contributed by atoms with E-state index in [1.54, 1.807) is 18.2 Å². The van der Waals surface area contributed by atoms with Gasteiger partial charge < -0.3 is 9.94 Å². The van der Waals surface area contributed by atoms with Gasteiger partial charge in [0.1, 0.15) is 5.76 Å². The first-order valence-corrected chi connectivity index (χ1v) is 6.53. The van der Waals surface area contributed by atoms with Gasteiger partial charge >= 0.3 is 0 Å². The summed E-state index contributed by atoms with van der Waals surface area (Å²) in [4.78, 5) is 16.1. The minimum absolute atomic E-state index is 0.224. The van der Waals surface area contributed by atoms with Crippen LogP contribution in [-0.2, 0) is 9.53 Å². The number of aromatic nitrogens is 1. The van der Waals surface area contributed by atoms with Crippen molar-refractivity contribution in [1.29, 1.82) is 0 Å². The average molecular weight is 262 g/mol. The van der Waals surface area contributed by atoms with Crippen LogP contribution < -0.4 is 5.49 Å². The first-order valence-electron chi connectivity index (χ1n) is 6.53. The molecule has 1 amide bonds. The number of allylic oxidation sites excluding steroid dienone is 1. The average Bonchev–Trinajstić information content (AvgIpc) is 2.42. The number of amides is 1. The topological polar surface area (TPSA) is 63.8 Å². The lowest BCUT2D eigenvalue weighted by Gasteiger charge is -2.17. The summed E-state index contributed by atoms with van der Waals surface area (Å²) in [5.41, 5.74) is 0.860. The Morgan fingerprint density at radius 2 is 2.21 bits per heavy atom. The second-order valence-electron chi connectivity index (χ2n) is 4.36. The highest BCUT2D eigenvalue weighted by Crippen LogP contribution is 2.26. The zero-order valence-corrected chi connectivity index (χ0v) is 11.0. The predicted octanol–water partition coefficient (Wildman–Crippen LogP) is 2.02. The number of carbonyl (C=O) groups excluding carboxylic acids is 1. The molecule has 0 atom stereocenters. The minimum atomic E-state index is -0.322. The van der Waals surface area contributed by atoms with Crippen molar-refractivity contribution in [2.75, 3.05) is 6.61 Å². The van der Waals surface area contributed by atoms with Crippen molar-refractivity contribution in [3.8, 4) is 0 Å². The number of rotatable bonds is 3. The van der Waals surface area contributed by atoms with Crippen LogP contribution in [0.25, 0.3) is 0 Å². The third kappa shape index (κ3) is 3.24. The van der Waals surface area contributed by atoms with Crippen molar-refractivity contribution in [3.63, 3.8) is 0 Å². The molecule has 102 valence electrons. The third-order valence-electron chi connectivity index (χ3n) is 3.03. The van der Waals surface area contributed by atoms with E-state index in [0.717, 1.165) is 29.8 Å². The zero-order chi connectivity index (χ0) is 13.7. The summed E-state index contributed by atoms with van der Waals surface area (Å²) in [5.74, 6) is 0.431. The number of hydrogen-bond acceptors (Lipinski definition) is 3. The van der Waals surface area contributed by atoms with Gasteiger partial charge in [-0.05, 0) is 38.3 Å². The zero-order valence-electron chi connectivity index (χ0n) is 11.0. The summed E-state index contributed by atoms with van der Waals surface area (Å²) in [7, 11) is 0. The van der Waals surface area contributed by atoms with E-state index < -0.39 is 0 Å². The summed E-state index contributed by atoms with van der Waals surface area (Å²) >= 11 is 0. The van der Waals surface area contributed by atoms with Gasteiger partial charge in [0.2, 0.25) is 0 Å². The molecule has 5 heteroatoms. The number of ether oxygens (including phenoxy) is 1. The van der Waals surface area contributed by atoms with Gasteiger partial charge in [0.15, 0.2) is 5.49 Å². The normalized spacial score (nSPS) is 16.6. The summed E-state index contributed by atoms with van der Waals surface area (Å²) in [5, 5.41) is 9.55. The van der Waals surface area contributed by atoms with Crippen LogP contribution in [0.15, 0.2) is 40.7 Å². The maximum atomic E-state index is 12.2. The number of nitrogens with zero attached hydrogens (tertiary/aromatic N) is 2. The van der Waals surface area contributed by atoms with E-state index in [4.69, 9.17) is 4.74 Å². The van der Waals surface area contributed by atoms with Crippen molar-refractivity contribution in [2.24, 2.45) is 4.99 Å². The van der Waals surface area contributed by atoms with Gasteiger partial charge in [0, 0.05) is 12.6 Å². The first-order chi connectivity index (χ1) is 9.22. The Morgan fingerprint density at radius 3 is 2.95 bits per heavy atom. The van der Waals surface area contributed by atoms with Crippen molar-refractivity contribution < 1.29 is 14.7 Å². The van der Waals surface area contributed by atoms with Crippen molar-refractivity contribution >= 4 is 5.91 Å². The fourth-order valence-corrected chi connectivity index (χ4v) is 2.12. The van der Waals surface area contributed by atoms with E-state index in [9.17, 15) is 10.0 Å². The Labute approximate surface area is 111 Å². The van der Waals surface area contributed by atoms with E-state index in [0.29, 0.717) is 18.6 Å². The van der Waals surface area contributed by atoms with Crippen molar-refractivity contribution in [1.82, 2.24) is 4.73 Å². The van der Waals surface area contributed by atoms with Crippen molar-refractivity contribution in [2.45, 2.75) is 32.6 Å². The maximum absolute atomic E-state index is 12.2. The van der Waals surface area contributed by atoms with Gasteiger partial charge in [-0.25, -0.2) is 0 Å². The fraction of sp³-hybridized carbons (Fsp3) is 0.429. The molecule has 5 nitrogen and oxygen atoms in total. The Balaban J connectivity index is 2.33. The SMILES string of the molecule is CCOC1=C(C(=O)N=c2ccccn2O)CCCC1. The molecule has 1 N–H and O–H groups in total. The van der Waals surface area contributed by atoms with E-state index in [1.807, 2.05) is 6.92 Å². The molecule has 0 radical (unpaired) electrons. The summed E-state index contributed by atoms with van der Waals surface area (Å²) in [6, 6.07) is 4.97. The molecule has 0 bridgehead atoms. The largest absolute Gasteiger partial charge is 0.498 e. The van der Waals surface area contributed by atoms with Crippen LogP contribution in [0.2, 0.25) is 0 Å². The molecule has 0 unspecified atom stereocenters. The Morgan fingerprint density at radius 1 is 1.42 bits per heavy atom. The maximum Gasteiger partial charge on any atom is 0.278 e. The molecule has 1 aliphatic carbocycles. The summed E-state index contributed by atoms with van der Waals surface area (Å²) < 4.78 is 6.35. The van der Waals surface area contributed by atoms with Crippen LogP contribution >= 0.6 is 0 Å². The Bertz CT molecular complexity index is 558. The highest BCUT2D eigenvalue weighted by molar-refractivity contribution is 5.94. The molecule has 1 aliphatic rings. The number of carbonyl (C=O) groups is 1. The van der Waals surface area contributed by atoms with Crippen molar-refractivity contribution in [3.05, 3.63) is 41.2 Å². The highest BCUT2D eigenvalue weighted by atomic mass is 16.5. The minimum Gasteiger partial charge on any atom is -0.498 e. The molecule has 1 aromatic rings. The molecule has 2 rings (SSSR count). The third-order valence-corrected chi connectivity index (χ3v) is 3.03. The Kier molecular flexibility index (Phi) is 4.39. The molecule has 0 aromatic carbocycles. The number of pyridine rings is 1. The summed E-state index contributed by atoms with van der Waals surface area (Å²) in [6.07, 6.45) is 4.93. The van der Waals surface area contributed by atoms with Gasteiger partial charge in [-0.1, -0.05) is 6.07 Å². The van der Waals surface area contributed by atoms with Gasteiger partial charge in [-0.15, -0.1) is 0 Å². The van der Waals surface area contributed by atoms with Gasteiger partial charge in [-0.3, -0.25) is 4.79 Å². The van der Waals surface area contributed by atoms with Crippen LogP contribution in [0.3, 0.4) is 0 Å². The molecule has 1 heterocycles. The van der Waals surface area contributed by atoms with Gasteiger partial charge in [0.25, 0.3) is 5.91 Å². The fourth-order valence-electron chi connectivity index (χ4n) is 2.12. The molecule has 1 aromatic heterocycles. The standard InChI is InChI=1S/C14H18N2O3/c1-2-19-12-8-4-3-7-11(12)14(17)15-13-9-5-6-10-16(13)18/h5-6,9-10,18H,2-4,7-8H2,1H3. The molecule has 0 saturated heterocycles. The van der Waals surface area contributed by atoms with Crippen LogP contribution in [-0.4, -0.2) is 22.5 Å². The van der Waals surface area contributed by atoms with Crippen LogP contribution in [0.1, 0.15) is 32.6 Å². The van der Waals surface area contributed by atoms with E-state index in [1.165, 1.54) is 6.20 Å². The lowest BCUT2D eigenvalue weighted by Crippen LogP contribution is -2.21. The van der Waals surface area contributed by atoms with E-state index in [-0.39, 0.29) is 11.4 Å². The monoisotopic (exact) mass is 262 g/mol. The predicted molar refractivity (Wildman–Crippen MR) is 69.3 cm³/mol. The molecule has 0 spiro atoms. The smallest absolute Gasteiger partial charge is 0.278 e. The first kappa shape index (κ1) is 13.4. The Hall–Kier alpha value is -2.04. The summed E-state index contributed by atoms with van der Waals surface area (Å²) in [6.45, 7) is 2.46. The van der Waals surface area contributed by atoms with Crippen LogP contribution in [0, 0.1) is 0 Å². The van der Waals surface area contributed by atoms with Crippen LogP contribution in [0.5, 0.6) is 0 Å².